The van der Waals surface area contributed by atoms with Gasteiger partial charge in [0.15, 0.2) is 0 Å². The molecule has 94 valence electrons. The van der Waals surface area contributed by atoms with Crippen LogP contribution < -0.4 is 5.73 Å². The molecule has 0 fully saturated rings. The van der Waals surface area contributed by atoms with Gasteiger partial charge in [-0.1, -0.05) is 19.1 Å². The summed E-state index contributed by atoms with van der Waals surface area (Å²) in [5, 5.41) is 0. The molecule has 2 nitrogen and oxygen atoms in total. The van der Waals surface area contributed by atoms with Gasteiger partial charge in [0.2, 0.25) is 5.91 Å². The molecule has 0 heterocycles. The largest absolute Gasteiger partial charge is 0.446 e. The highest BCUT2D eigenvalue weighted by Crippen LogP contribution is 2.37. The molecule has 1 atom stereocenters. The molecule has 1 aromatic rings. The van der Waals surface area contributed by atoms with Gasteiger partial charge in [0.05, 0.1) is 0 Å². The van der Waals surface area contributed by atoms with Crippen molar-refractivity contribution in [1.29, 1.82) is 0 Å². The fourth-order valence-electron chi connectivity index (χ4n) is 1.32. The molecular weight excluding hydrogens is 251 g/mol. The summed E-state index contributed by atoms with van der Waals surface area (Å²) in [5.74, 6) is -0.847. The van der Waals surface area contributed by atoms with Gasteiger partial charge >= 0.3 is 5.51 Å². The molecule has 0 aliphatic heterocycles. The third-order valence-electron chi connectivity index (χ3n) is 2.16. The first-order chi connectivity index (χ1) is 7.78. The van der Waals surface area contributed by atoms with Gasteiger partial charge in [-0.2, -0.15) is 13.2 Å². The van der Waals surface area contributed by atoms with E-state index in [0.717, 1.165) is 0 Å². The zero-order valence-corrected chi connectivity index (χ0v) is 9.94. The lowest BCUT2D eigenvalue weighted by Crippen LogP contribution is -2.22. The van der Waals surface area contributed by atoms with Crippen molar-refractivity contribution in [3.05, 3.63) is 29.8 Å². The molecule has 17 heavy (non-hydrogen) atoms. The van der Waals surface area contributed by atoms with E-state index in [-0.39, 0.29) is 22.6 Å². The molecule has 0 radical (unpaired) electrons. The summed E-state index contributed by atoms with van der Waals surface area (Å²) in [6.07, 6.45) is 0.349. The number of amides is 1. The fraction of sp³-hybridized carbons (Fsp3) is 0.364. The summed E-state index contributed by atoms with van der Waals surface area (Å²) in [4.78, 5) is 11.0. The number of hydrogen-bond donors (Lipinski definition) is 1. The Hall–Kier alpha value is -1.17. The van der Waals surface area contributed by atoms with Crippen LogP contribution in [0.15, 0.2) is 29.2 Å². The minimum absolute atomic E-state index is 0.117. The molecule has 0 bridgehead atoms. The maximum absolute atomic E-state index is 12.2. The number of rotatable bonds is 4. The Morgan fingerprint density at radius 1 is 1.47 bits per heavy atom. The zero-order chi connectivity index (χ0) is 13.1. The van der Waals surface area contributed by atoms with Crippen LogP contribution in [0.5, 0.6) is 0 Å². The molecule has 1 rings (SSSR count). The third kappa shape index (κ3) is 5.12. The van der Waals surface area contributed by atoms with Crippen molar-refractivity contribution < 1.29 is 18.0 Å². The number of halogens is 3. The van der Waals surface area contributed by atoms with E-state index in [0.29, 0.717) is 12.0 Å². The van der Waals surface area contributed by atoms with E-state index in [2.05, 4.69) is 0 Å². The molecule has 0 aliphatic rings. The first-order valence-corrected chi connectivity index (χ1v) is 5.73. The van der Waals surface area contributed by atoms with Gasteiger partial charge in [-0.25, -0.2) is 0 Å². The second kappa shape index (κ2) is 5.44. The Kier molecular flexibility index (Phi) is 4.45. The number of alkyl halides is 3. The Morgan fingerprint density at radius 3 is 2.65 bits per heavy atom. The Morgan fingerprint density at radius 2 is 2.12 bits per heavy atom. The Labute approximate surface area is 101 Å². The number of thioether (sulfide) groups is 1. The van der Waals surface area contributed by atoms with Gasteiger partial charge in [-0.3, -0.25) is 4.79 Å². The van der Waals surface area contributed by atoms with Gasteiger partial charge in [0.25, 0.3) is 0 Å². The third-order valence-corrected chi connectivity index (χ3v) is 2.88. The van der Waals surface area contributed by atoms with Crippen molar-refractivity contribution in [2.24, 2.45) is 11.7 Å². The molecule has 6 heteroatoms. The van der Waals surface area contributed by atoms with E-state index in [4.69, 9.17) is 5.73 Å². The number of nitrogens with two attached hydrogens (primary N) is 1. The summed E-state index contributed by atoms with van der Waals surface area (Å²) in [6.45, 7) is 1.64. The molecule has 1 aromatic carbocycles. The SMILES string of the molecule is C[C@H](Cc1cccc(SC(F)(F)F)c1)C(N)=O. The van der Waals surface area contributed by atoms with Crippen LogP contribution in [-0.2, 0) is 11.2 Å². The molecule has 1 amide bonds. The van der Waals surface area contributed by atoms with Gasteiger partial charge in [-0.05, 0) is 35.9 Å². The Balaban J connectivity index is 2.76. The van der Waals surface area contributed by atoms with E-state index in [9.17, 15) is 18.0 Å². The summed E-state index contributed by atoms with van der Waals surface area (Å²) < 4.78 is 36.5. The van der Waals surface area contributed by atoms with Crippen LogP contribution in [0.4, 0.5) is 13.2 Å². The highest BCUT2D eigenvalue weighted by atomic mass is 32.2. The van der Waals surface area contributed by atoms with Crippen molar-refractivity contribution >= 4 is 17.7 Å². The van der Waals surface area contributed by atoms with Crippen molar-refractivity contribution in [3.63, 3.8) is 0 Å². The van der Waals surface area contributed by atoms with Crippen molar-refractivity contribution in [3.8, 4) is 0 Å². The van der Waals surface area contributed by atoms with Crippen molar-refractivity contribution in [2.75, 3.05) is 0 Å². The van der Waals surface area contributed by atoms with Crippen LogP contribution >= 0.6 is 11.8 Å². The van der Waals surface area contributed by atoms with Crippen LogP contribution in [0.25, 0.3) is 0 Å². The fourth-order valence-corrected chi connectivity index (χ4v) is 1.95. The van der Waals surface area contributed by atoms with E-state index in [1.165, 1.54) is 18.2 Å². The molecule has 0 spiro atoms. The van der Waals surface area contributed by atoms with Crippen LogP contribution in [0.1, 0.15) is 12.5 Å². The summed E-state index contributed by atoms with van der Waals surface area (Å²) in [5.41, 5.74) is 1.47. The normalized spacial score (nSPS) is 13.4. The number of carbonyl (C=O) groups excluding carboxylic acids is 1. The van der Waals surface area contributed by atoms with Gasteiger partial charge in [0, 0.05) is 10.8 Å². The summed E-state index contributed by atoms with van der Waals surface area (Å²) >= 11 is -0.166. The van der Waals surface area contributed by atoms with E-state index < -0.39 is 11.4 Å². The topological polar surface area (TPSA) is 43.1 Å². The van der Waals surface area contributed by atoms with E-state index >= 15 is 0 Å². The predicted molar refractivity (Wildman–Crippen MR) is 60.4 cm³/mol. The smallest absolute Gasteiger partial charge is 0.369 e. The molecule has 0 unspecified atom stereocenters. The summed E-state index contributed by atoms with van der Waals surface area (Å²) in [7, 11) is 0. The minimum Gasteiger partial charge on any atom is -0.369 e. The molecule has 0 aromatic heterocycles. The Bertz CT molecular complexity index is 406. The number of benzene rings is 1. The minimum atomic E-state index is -4.30. The second-order valence-electron chi connectivity index (χ2n) is 3.70. The standard InChI is InChI=1S/C11H12F3NOS/c1-7(10(15)16)5-8-3-2-4-9(6-8)17-11(12,13)14/h2-4,6-7H,5H2,1H3,(H2,15,16)/t7-/m1/s1. The lowest BCUT2D eigenvalue weighted by molar-refractivity contribution is -0.121. The average molecular weight is 263 g/mol. The molecule has 0 aliphatic carbocycles. The molecular formula is C11H12F3NOS. The zero-order valence-electron chi connectivity index (χ0n) is 9.12. The summed E-state index contributed by atoms with van der Waals surface area (Å²) in [6, 6.07) is 6.03. The quantitative estimate of drug-likeness (QED) is 0.849. The first-order valence-electron chi connectivity index (χ1n) is 4.92. The van der Waals surface area contributed by atoms with Gasteiger partial charge in [0.1, 0.15) is 0 Å². The second-order valence-corrected chi connectivity index (χ2v) is 4.84. The molecule has 0 saturated heterocycles. The number of carbonyl (C=O) groups is 1. The lowest BCUT2D eigenvalue weighted by atomic mass is 10.0. The van der Waals surface area contributed by atoms with E-state index in [1.807, 2.05) is 0 Å². The van der Waals surface area contributed by atoms with Crippen LogP contribution in [0.3, 0.4) is 0 Å². The highest BCUT2D eigenvalue weighted by molar-refractivity contribution is 8.00. The first kappa shape index (κ1) is 13.9. The van der Waals surface area contributed by atoms with E-state index in [1.54, 1.807) is 13.0 Å². The van der Waals surface area contributed by atoms with Crippen LogP contribution in [0, 0.1) is 5.92 Å². The maximum atomic E-state index is 12.2. The molecule has 2 N–H and O–H groups in total. The van der Waals surface area contributed by atoms with Crippen molar-refractivity contribution in [1.82, 2.24) is 0 Å². The van der Waals surface area contributed by atoms with Crippen molar-refractivity contribution in [2.45, 2.75) is 23.7 Å². The number of primary amides is 1. The average Bonchev–Trinajstić information content (AvgIpc) is 2.15. The predicted octanol–water partition coefficient (Wildman–Crippen LogP) is 2.96. The number of hydrogen-bond acceptors (Lipinski definition) is 2. The lowest BCUT2D eigenvalue weighted by Gasteiger charge is -2.09. The molecule has 0 saturated carbocycles. The maximum Gasteiger partial charge on any atom is 0.446 e. The van der Waals surface area contributed by atoms with Gasteiger partial charge in [-0.15, -0.1) is 0 Å². The highest BCUT2D eigenvalue weighted by Gasteiger charge is 2.29. The monoisotopic (exact) mass is 263 g/mol. The van der Waals surface area contributed by atoms with Crippen LogP contribution in [-0.4, -0.2) is 11.4 Å². The van der Waals surface area contributed by atoms with Gasteiger partial charge < -0.3 is 5.73 Å². The van der Waals surface area contributed by atoms with Crippen LogP contribution in [0.2, 0.25) is 0 Å².